The first-order chi connectivity index (χ1) is 20.2. The number of rotatable bonds is 13. The number of nitrogens with zero attached hydrogens (tertiary/aromatic N) is 2. The summed E-state index contributed by atoms with van der Waals surface area (Å²) in [4.78, 5) is 24.4. The van der Waals surface area contributed by atoms with Crippen LogP contribution in [0.2, 0.25) is 5.21 Å². The van der Waals surface area contributed by atoms with Gasteiger partial charge in [0.15, 0.2) is 0 Å². The van der Waals surface area contributed by atoms with Crippen molar-refractivity contribution in [1.29, 1.82) is 0 Å². The molecule has 12 heteroatoms. The number of hydrogen-bond donors (Lipinski definition) is 5. The molecule has 0 bridgehead atoms. The molecule has 226 valence electrons. The fourth-order valence-electron chi connectivity index (χ4n) is 4.99. The van der Waals surface area contributed by atoms with Crippen molar-refractivity contribution in [2.24, 2.45) is 0 Å². The first kappa shape index (κ1) is 31.8. The summed E-state index contributed by atoms with van der Waals surface area (Å²) in [5.41, 5.74) is 3.54. The molecule has 1 aliphatic rings. The number of nitrogens with one attached hydrogen (secondary N) is 2. The zero-order valence-corrected chi connectivity index (χ0v) is 26.5. The number of carbonyl (C=O) groups is 1. The Kier molecular flexibility index (Phi) is 11.3. The van der Waals surface area contributed by atoms with Crippen molar-refractivity contribution < 1.29 is 23.9 Å². The van der Waals surface area contributed by atoms with Gasteiger partial charge in [0.05, 0.1) is 0 Å². The van der Waals surface area contributed by atoms with Gasteiger partial charge in [0.2, 0.25) is 0 Å². The van der Waals surface area contributed by atoms with Crippen molar-refractivity contribution >= 4 is 49.5 Å². The van der Waals surface area contributed by atoms with Crippen LogP contribution >= 0.6 is 10.8 Å². The first-order valence-corrected chi connectivity index (χ1v) is 18.7. The van der Waals surface area contributed by atoms with Gasteiger partial charge in [0.1, 0.15) is 0 Å². The van der Waals surface area contributed by atoms with Crippen LogP contribution in [0.1, 0.15) is 41.3 Å². The van der Waals surface area contributed by atoms with E-state index in [4.69, 9.17) is 0 Å². The van der Waals surface area contributed by atoms with Crippen molar-refractivity contribution in [3.8, 4) is 0 Å². The second-order valence-electron chi connectivity index (χ2n) is 10.3. The van der Waals surface area contributed by atoms with E-state index in [2.05, 4.69) is 10.6 Å². The molecule has 42 heavy (non-hydrogen) atoms. The molecule has 3 aromatic rings. The van der Waals surface area contributed by atoms with Crippen molar-refractivity contribution in [3.05, 3.63) is 99.6 Å². The molecule has 0 spiro atoms. The topological polar surface area (TPSA) is 148 Å². The van der Waals surface area contributed by atoms with Crippen LogP contribution in [0.5, 0.6) is 0 Å². The summed E-state index contributed by atoms with van der Waals surface area (Å²) in [5.74, 6) is -0.0614. The zero-order chi connectivity index (χ0) is 30.1. The van der Waals surface area contributed by atoms with Gasteiger partial charge in [-0.3, -0.25) is 0 Å². The maximum absolute atomic E-state index is 13.7. The Morgan fingerprint density at radius 3 is 2.55 bits per heavy atom. The average molecular weight is 659 g/mol. The van der Waals surface area contributed by atoms with Crippen LogP contribution in [0.15, 0.2) is 72.8 Å². The molecule has 1 heterocycles. The second kappa shape index (κ2) is 14.9. The van der Waals surface area contributed by atoms with E-state index in [0.29, 0.717) is 52.6 Å². The molecule has 0 saturated carbocycles. The molecular formula is C30H39AsN4O6S. The summed E-state index contributed by atoms with van der Waals surface area (Å²) in [7, 11) is -2.97. The molecule has 3 aromatic carbocycles. The average Bonchev–Trinajstić information content (AvgIpc) is 2.97. The summed E-state index contributed by atoms with van der Waals surface area (Å²) in [6.45, 7) is 3.07. The van der Waals surface area contributed by atoms with Gasteiger partial charge in [-0.25, -0.2) is 0 Å². The zero-order valence-electron chi connectivity index (χ0n) is 23.6. The Labute approximate surface area is 254 Å². The molecule has 1 fully saturated rings. The van der Waals surface area contributed by atoms with E-state index in [1.807, 2.05) is 49.4 Å². The first-order valence-electron chi connectivity index (χ1n) is 14.1. The van der Waals surface area contributed by atoms with Gasteiger partial charge in [-0.1, -0.05) is 0 Å². The number of nitro benzene ring substituents is 1. The van der Waals surface area contributed by atoms with Crippen LogP contribution in [0, 0.1) is 10.1 Å². The van der Waals surface area contributed by atoms with E-state index in [9.17, 15) is 29.1 Å². The standard InChI is InChI=1S/C30H39AsN4O6S/c1-2-32-25-17-24(18-27(19-25)34-13-6-7-14-42(34,40)41)30(37)33-28(16-22-9-4-3-5-10-22)29(36)21-31-20-23-11-8-12-26(15-23)35(38)39/h3-5,8-12,15,17-19,28-29,31-32,36,40-41H,2,6-7,13-14,16,20-21H2,1H3,(H,33,37). The van der Waals surface area contributed by atoms with Gasteiger partial charge < -0.3 is 0 Å². The Balaban J connectivity index is 1.52. The molecule has 0 radical (unpaired) electrons. The van der Waals surface area contributed by atoms with Crippen LogP contribution in [0.25, 0.3) is 0 Å². The number of amides is 1. The molecule has 4 rings (SSSR count). The van der Waals surface area contributed by atoms with Gasteiger partial charge in [-0.2, -0.15) is 0 Å². The van der Waals surface area contributed by atoms with Gasteiger partial charge in [-0.15, -0.1) is 0 Å². The number of hydrogen-bond acceptors (Lipinski definition) is 8. The molecule has 0 aromatic heterocycles. The van der Waals surface area contributed by atoms with Crippen LogP contribution in [0.3, 0.4) is 0 Å². The monoisotopic (exact) mass is 658 g/mol. The molecular weight excluding hydrogens is 619 g/mol. The minimum atomic E-state index is -2.97. The third-order valence-corrected chi connectivity index (χ3v) is 11.9. The second-order valence-corrected chi connectivity index (χ2v) is 15.1. The molecule has 10 nitrogen and oxygen atoms in total. The van der Waals surface area contributed by atoms with Gasteiger partial charge in [0.25, 0.3) is 0 Å². The van der Waals surface area contributed by atoms with Gasteiger partial charge >= 0.3 is 256 Å². The fraction of sp³-hybridized carbons (Fsp3) is 0.367. The summed E-state index contributed by atoms with van der Waals surface area (Å²) < 4.78 is 23.0. The van der Waals surface area contributed by atoms with Crippen molar-refractivity contribution in [2.75, 3.05) is 28.5 Å². The Hall–Kier alpha value is -3.08. The van der Waals surface area contributed by atoms with Crippen molar-refractivity contribution in [3.63, 3.8) is 0 Å². The molecule has 1 saturated heterocycles. The fourth-order valence-corrected chi connectivity index (χ4v) is 9.25. The van der Waals surface area contributed by atoms with E-state index in [1.165, 1.54) is 6.07 Å². The van der Waals surface area contributed by atoms with E-state index in [-0.39, 0.29) is 11.6 Å². The van der Waals surface area contributed by atoms with E-state index < -0.39 is 43.6 Å². The molecule has 3 unspecified atom stereocenters. The Morgan fingerprint density at radius 2 is 1.83 bits per heavy atom. The van der Waals surface area contributed by atoms with Crippen LogP contribution in [-0.2, 0) is 11.6 Å². The number of carbonyl (C=O) groups excluding carboxylic acids is 1. The SMILES string of the molecule is CCNc1cc(C(=O)NC(Cc2ccccc2)C(O)C[AsH]Cc2cccc([N+](=O)[O-])c2)cc(N2CCCCS2(O)O)c1. The summed E-state index contributed by atoms with van der Waals surface area (Å²) >= 11 is -0.701. The number of aliphatic hydroxyl groups is 1. The quantitative estimate of drug-likeness (QED) is 0.0974. The van der Waals surface area contributed by atoms with Crippen molar-refractivity contribution in [1.82, 2.24) is 5.32 Å². The number of non-ortho nitro benzene ring substituents is 1. The van der Waals surface area contributed by atoms with E-state index >= 15 is 0 Å². The number of aliphatic hydroxyl groups excluding tert-OH is 1. The maximum atomic E-state index is 13.7. The normalized spacial score (nSPS) is 17.0. The van der Waals surface area contributed by atoms with E-state index in [0.717, 1.165) is 24.0 Å². The van der Waals surface area contributed by atoms with Crippen LogP contribution < -0.4 is 14.9 Å². The molecule has 1 aliphatic heterocycles. The Morgan fingerprint density at radius 1 is 1.07 bits per heavy atom. The summed E-state index contributed by atoms with van der Waals surface area (Å²) in [6.07, 6.45) is 1.19. The number of benzene rings is 3. The number of nitro groups is 1. The summed E-state index contributed by atoms with van der Waals surface area (Å²) in [6, 6.07) is 20.9. The van der Waals surface area contributed by atoms with Crippen LogP contribution in [0.4, 0.5) is 17.1 Å². The van der Waals surface area contributed by atoms with Crippen LogP contribution in [-0.4, -0.2) is 71.8 Å². The molecule has 5 N–H and O–H groups in total. The van der Waals surface area contributed by atoms with Gasteiger partial charge in [0, 0.05) is 0 Å². The minimum absolute atomic E-state index is 0.0545. The van der Waals surface area contributed by atoms with Gasteiger partial charge in [-0.05, 0) is 0 Å². The predicted octanol–water partition coefficient (Wildman–Crippen LogP) is 5.05. The number of anilines is 2. The van der Waals surface area contributed by atoms with Crippen molar-refractivity contribution in [2.45, 2.75) is 48.7 Å². The third-order valence-electron chi connectivity index (χ3n) is 7.11. The molecule has 3 atom stereocenters. The molecule has 0 aliphatic carbocycles. The summed E-state index contributed by atoms with van der Waals surface area (Å²) in [5, 5.41) is 29.9. The van der Waals surface area contributed by atoms with E-state index in [1.54, 1.807) is 28.6 Å². The molecule has 1 amide bonds. The third kappa shape index (κ3) is 8.72. The predicted molar refractivity (Wildman–Crippen MR) is 171 cm³/mol. The Bertz CT molecular complexity index is 1360.